The third kappa shape index (κ3) is 4.99. The van der Waals surface area contributed by atoms with Crippen molar-refractivity contribution in [3.63, 3.8) is 0 Å². The van der Waals surface area contributed by atoms with Gasteiger partial charge in [-0.25, -0.2) is 4.68 Å². The number of aromatic nitrogens is 2. The first-order valence-electron chi connectivity index (χ1n) is 11.2. The average Bonchev–Trinajstić information content (AvgIpc) is 2.96. The Morgan fingerprint density at radius 1 is 0.750 bits per heavy atom. The first-order chi connectivity index (χ1) is 14.5. The molecule has 7 heteroatoms. The summed E-state index contributed by atoms with van der Waals surface area (Å²) in [4.78, 5) is 0. The van der Waals surface area contributed by atoms with Gasteiger partial charge in [-0.1, -0.05) is 41.5 Å². The maximum absolute atomic E-state index is 6.50. The van der Waals surface area contributed by atoms with Crippen LogP contribution in [0.4, 0.5) is 0 Å². The summed E-state index contributed by atoms with van der Waals surface area (Å²) < 4.78 is 15.8. The highest BCUT2D eigenvalue weighted by Crippen LogP contribution is 2.39. The van der Waals surface area contributed by atoms with E-state index in [1.165, 1.54) is 0 Å². The molecule has 3 rings (SSSR count). The van der Waals surface area contributed by atoms with Gasteiger partial charge in [-0.05, 0) is 94.7 Å². The van der Waals surface area contributed by atoms with Crippen molar-refractivity contribution in [3.8, 4) is 17.2 Å². The monoisotopic (exact) mass is 532 g/mol. The highest BCUT2D eigenvalue weighted by Gasteiger charge is 2.39. The van der Waals surface area contributed by atoms with Crippen LogP contribution in [0.2, 0.25) is 36.3 Å². The minimum atomic E-state index is -1.90. The Labute approximate surface area is 203 Å². The van der Waals surface area contributed by atoms with Crippen molar-refractivity contribution >= 4 is 43.5 Å². The van der Waals surface area contributed by atoms with E-state index in [0.717, 1.165) is 32.7 Å². The lowest BCUT2D eigenvalue weighted by Gasteiger charge is -2.36. The van der Waals surface area contributed by atoms with Crippen LogP contribution in [-0.2, 0) is 0 Å². The molecule has 0 saturated carbocycles. The van der Waals surface area contributed by atoms with Crippen molar-refractivity contribution in [3.05, 3.63) is 47.1 Å². The Bertz CT molecular complexity index is 1110. The van der Waals surface area contributed by atoms with E-state index >= 15 is 0 Å². The molecule has 0 amide bonds. The van der Waals surface area contributed by atoms with Crippen molar-refractivity contribution in [1.29, 1.82) is 0 Å². The van der Waals surface area contributed by atoms with E-state index in [2.05, 4.69) is 102 Å². The number of fused-ring (bicyclic) bond motifs is 1. The van der Waals surface area contributed by atoms with Crippen molar-refractivity contribution in [2.45, 2.75) is 77.8 Å². The van der Waals surface area contributed by atoms with Gasteiger partial charge in [-0.15, -0.1) is 0 Å². The molecule has 174 valence electrons. The molecule has 0 bridgehead atoms. The smallest absolute Gasteiger partial charge is 0.250 e. The van der Waals surface area contributed by atoms with Crippen LogP contribution in [0, 0.1) is 0 Å². The van der Waals surface area contributed by atoms with Gasteiger partial charge >= 0.3 is 0 Å². The van der Waals surface area contributed by atoms with Crippen LogP contribution in [-0.4, -0.2) is 26.4 Å². The van der Waals surface area contributed by atoms with Crippen LogP contribution < -0.4 is 8.85 Å². The van der Waals surface area contributed by atoms with Gasteiger partial charge in [0.15, 0.2) is 0 Å². The first kappa shape index (κ1) is 25.1. The summed E-state index contributed by atoms with van der Waals surface area (Å²) in [5.41, 5.74) is 1.92. The molecule has 3 aromatic rings. The summed E-state index contributed by atoms with van der Waals surface area (Å²) in [5.74, 6) is 1.82. The fraction of sp³-hybridized carbons (Fsp3) is 0.480. The minimum Gasteiger partial charge on any atom is -0.544 e. The third-order valence-corrected chi connectivity index (χ3v) is 16.5. The predicted octanol–water partition coefficient (Wildman–Crippen LogP) is 8.56. The molecular weight excluding hydrogens is 496 g/mol. The maximum atomic E-state index is 6.50. The van der Waals surface area contributed by atoms with Crippen LogP contribution >= 0.6 is 15.9 Å². The van der Waals surface area contributed by atoms with Crippen molar-refractivity contribution < 1.29 is 8.85 Å². The Hall–Kier alpha value is -1.58. The Morgan fingerprint density at radius 2 is 1.22 bits per heavy atom. The molecule has 32 heavy (non-hydrogen) atoms. The number of hydrogen-bond donors (Lipinski definition) is 0. The highest BCUT2D eigenvalue weighted by atomic mass is 79.9. The largest absolute Gasteiger partial charge is 0.544 e. The number of benzene rings is 2. The summed E-state index contributed by atoms with van der Waals surface area (Å²) in [6.45, 7) is 22.6. The summed E-state index contributed by atoms with van der Waals surface area (Å²) in [6.07, 6.45) is 0. The minimum absolute atomic E-state index is 0.150. The molecule has 0 aliphatic rings. The summed E-state index contributed by atoms with van der Waals surface area (Å²) in [6, 6.07) is 14.4. The van der Waals surface area contributed by atoms with Gasteiger partial charge in [0.25, 0.3) is 0 Å². The topological polar surface area (TPSA) is 36.3 Å². The molecule has 0 aliphatic heterocycles. The van der Waals surface area contributed by atoms with Gasteiger partial charge in [0, 0.05) is 5.39 Å². The van der Waals surface area contributed by atoms with Gasteiger partial charge in [0.05, 0.1) is 11.2 Å². The standard InChI is InChI=1S/C25H37BrN2O2Si2/c1-24(2,3)31(7,8)29-19-13-11-18(12-14-19)28-23(26)21-17-20(15-16-22(21)27-28)30-32(9,10)25(4,5)6/h11-17H,1-10H3. The van der Waals surface area contributed by atoms with Gasteiger partial charge in [-0.2, -0.15) is 5.10 Å². The average molecular weight is 534 g/mol. The second-order valence-electron chi connectivity index (χ2n) is 11.6. The second-order valence-corrected chi connectivity index (χ2v) is 21.8. The van der Waals surface area contributed by atoms with Gasteiger partial charge in [0.1, 0.15) is 16.1 Å². The van der Waals surface area contributed by atoms with Crippen molar-refractivity contribution in [1.82, 2.24) is 9.78 Å². The van der Waals surface area contributed by atoms with E-state index in [1.54, 1.807) is 0 Å². The summed E-state index contributed by atoms with van der Waals surface area (Å²) in [7, 11) is -3.76. The van der Waals surface area contributed by atoms with Gasteiger partial charge in [0.2, 0.25) is 16.6 Å². The van der Waals surface area contributed by atoms with Crippen LogP contribution in [0.1, 0.15) is 41.5 Å². The zero-order chi connectivity index (χ0) is 24.1. The molecule has 0 fully saturated rings. The Balaban J connectivity index is 1.89. The predicted molar refractivity (Wildman–Crippen MR) is 144 cm³/mol. The van der Waals surface area contributed by atoms with E-state index in [0.29, 0.717) is 0 Å². The van der Waals surface area contributed by atoms with Gasteiger partial charge < -0.3 is 8.85 Å². The van der Waals surface area contributed by atoms with E-state index in [1.807, 2.05) is 28.9 Å². The molecule has 0 unspecified atom stereocenters. The van der Waals surface area contributed by atoms with E-state index < -0.39 is 16.6 Å². The quantitative estimate of drug-likeness (QED) is 0.308. The Morgan fingerprint density at radius 3 is 1.72 bits per heavy atom. The fourth-order valence-corrected chi connectivity index (χ4v) is 5.47. The summed E-state index contributed by atoms with van der Waals surface area (Å²) in [5, 5.41) is 6.17. The van der Waals surface area contributed by atoms with Crippen LogP contribution in [0.25, 0.3) is 16.6 Å². The van der Waals surface area contributed by atoms with E-state index in [-0.39, 0.29) is 10.1 Å². The lowest BCUT2D eigenvalue weighted by molar-refractivity contribution is 0.492. The summed E-state index contributed by atoms with van der Waals surface area (Å²) >= 11 is 3.77. The van der Waals surface area contributed by atoms with Crippen LogP contribution in [0.3, 0.4) is 0 Å². The maximum Gasteiger partial charge on any atom is 0.250 e. The second kappa shape index (κ2) is 8.33. The SMILES string of the molecule is CC(C)(C)[Si](C)(C)Oc1ccc(-n2nc3ccc(O[Si](C)(C)C(C)(C)C)cc3c2Br)cc1. The lowest BCUT2D eigenvalue weighted by atomic mass is 10.2. The van der Waals surface area contributed by atoms with Crippen molar-refractivity contribution in [2.24, 2.45) is 0 Å². The number of nitrogens with zero attached hydrogens (tertiary/aromatic N) is 2. The Kier molecular flexibility index (Phi) is 6.52. The molecule has 4 nitrogen and oxygen atoms in total. The zero-order valence-corrected chi connectivity index (χ0v) is 24.7. The highest BCUT2D eigenvalue weighted by molar-refractivity contribution is 9.10. The molecule has 0 N–H and O–H groups in total. The normalized spacial score (nSPS) is 13.5. The fourth-order valence-electron chi connectivity index (χ4n) is 2.82. The zero-order valence-electron chi connectivity index (χ0n) is 21.1. The third-order valence-electron chi connectivity index (χ3n) is 7.02. The molecule has 0 radical (unpaired) electrons. The first-order valence-corrected chi connectivity index (χ1v) is 17.8. The number of hydrogen-bond acceptors (Lipinski definition) is 3. The molecule has 1 aromatic heterocycles. The molecule has 0 saturated heterocycles. The van der Waals surface area contributed by atoms with Crippen LogP contribution in [0.15, 0.2) is 47.1 Å². The lowest BCUT2D eigenvalue weighted by Crippen LogP contribution is -2.43. The molecule has 2 aromatic carbocycles. The molecule has 1 heterocycles. The van der Waals surface area contributed by atoms with Crippen molar-refractivity contribution in [2.75, 3.05) is 0 Å². The molecule has 0 aliphatic carbocycles. The number of rotatable bonds is 5. The van der Waals surface area contributed by atoms with Gasteiger partial charge in [-0.3, -0.25) is 0 Å². The molecule has 0 atom stereocenters. The van der Waals surface area contributed by atoms with Crippen LogP contribution in [0.5, 0.6) is 11.5 Å². The molecular formula is C25H37BrN2O2Si2. The van der Waals surface area contributed by atoms with E-state index in [4.69, 9.17) is 14.0 Å². The molecule has 0 spiro atoms. The number of halogens is 1. The van der Waals surface area contributed by atoms with E-state index in [9.17, 15) is 0 Å².